The van der Waals surface area contributed by atoms with Gasteiger partial charge in [0.1, 0.15) is 24.6 Å². The fourth-order valence-corrected chi connectivity index (χ4v) is 7.32. The summed E-state index contributed by atoms with van der Waals surface area (Å²) in [6.07, 6.45) is 1.63. The van der Waals surface area contributed by atoms with Crippen molar-refractivity contribution in [3.05, 3.63) is 16.8 Å². The van der Waals surface area contributed by atoms with Crippen molar-refractivity contribution in [3.63, 3.8) is 0 Å². The molecule has 2 aliphatic heterocycles. The lowest BCUT2D eigenvalue weighted by atomic mass is 10.1. The number of fused-ring (bicyclic) bond motifs is 1. The maximum atomic E-state index is 8.61. The van der Waals surface area contributed by atoms with Crippen molar-refractivity contribution in [2.75, 3.05) is 43.8 Å². The fraction of sp³-hybridized carbons (Fsp3) is 0.821. The third kappa shape index (κ3) is 7.52. The van der Waals surface area contributed by atoms with Gasteiger partial charge in [-0.15, -0.1) is 0 Å². The summed E-state index contributed by atoms with van der Waals surface area (Å²) in [5, 5.41) is 7.12. The Labute approximate surface area is 258 Å². The molecule has 4 atom stereocenters. The van der Waals surface area contributed by atoms with Gasteiger partial charge >= 0.3 is 0 Å². The van der Waals surface area contributed by atoms with E-state index >= 15 is 0 Å². The van der Waals surface area contributed by atoms with Crippen molar-refractivity contribution in [1.29, 1.82) is 0 Å². The van der Waals surface area contributed by atoms with Gasteiger partial charge in [-0.2, -0.15) is 0 Å². The highest BCUT2D eigenvalue weighted by atomic mass is 28.4. The number of imidazole rings is 1. The van der Waals surface area contributed by atoms with E-state index in [9.17, 15) is 0 Å². The van der Waals surface area contributed by atoms with E-state index in [1.54, 1.807) is 0 Å². The highest BCUT2D eigenvalue weighted by Gasteiger charge is 2.55. The Kier molecular flexibility index (Phi) is 9.87. The topological polar surface area (TPSA) is 161 Å². The first-order chi connectivity index (χ1) is 20.0. The van der Waals surface area contributed by atoms with E-state index in [1.807, 2.05) is 4.57 Å². The summed E-state index contributed by atoms with van der Waals surface area (Å²) in [4.78, 5) is 18.9. The third-order valence-corrected chi connectivity index (χ3v) is 18.5. The zero-order chi connectivity index (χ0) is 31.8. The SMILES string of the molecule is CC(C)(C)[Si](C)(C)OC1[C@@H](O[Si](C)(C)C(C)(C)C)[C@@H](CN2CC2)O[C@H]1n1c(NCCCCN=[N+]=[N-])nc2c(N)ncnc21. The summed E-state index contributed by atoms with van der Waals surface area (Å²) < 4.78 is 23.6. The second-order valence-electron chi connectivity index (χ2n) is 14.9. The van der Waals surface area contributed by atoms with Crippen LogP contribution in [0.3, 0.4) is 0 Å². The predicted molar refractivity (Wildman–Crippen MR) is 176 cm³/mol. The predicted octanol–water partition coefficient (Wildman–Crippen LogP) is 5.90. The Bertz CT molecular complexity index is 1310. The van der Waals surface area contributed by atoms with Gasteiger partial charge in [0.15, 0.2) is 39.8 Å². The molecular formula is C28H52N10O3Si2. The summed E-state index contributed by atoms with van der Waals surface area (Å²) in [5.41, 5.74) is 16.0. The molecule has 4 rings (SSSR count). The number of nitrogens with zero attached hydrogens (tertiary/aromatic N) is 8. The Morgan fingerprint density at radius 3 is 2.26 bits per heavy atom. The molecule has 0 aromatic carbocycles. The van der Waals surface area contributed by atoms with Crippen LogP contribution in [0, 0.1) is 0 Å². The van der Waals surface area contributed by atoms with Gasteiger partial charge in [-0.1, -0.05) is 46.7 Å². The second-order valence-corrected chi connectivity index (χ2v) is 24.4. The number of hydrogen-bond donors (Lipinski definition) is 2. The van der Waals surface area contributed by atoms with E-state index < -0.39 is 22.9 Å². The number of rotatable bonds is 13. The Hall–Kier alpha value is -2.27. The molecule has 240 valence electrons. The fourth-order valence-electron chi connectivity index (χ4n) is 4.72. The summed E-state index contributed by atoms with van der Waals surface area (Å²) >= 11 is 0. The number of hydrogen-bond acceptors (Lipinski definition) is 10. The van der Waals surface area contributed by atoms with Crippen molar-refractivity contribution in [2.24, 2.45) is 5.11 Å². The first-order valence-electron chi connectivity index (χ1n) is 15.4. The van der Waals surface area contributed by atoms with Crippen LogP contribution in [0.1, 0.15) is 60.6 Å². The van der Waals surface area contributed by atoms with E-state index in [2.05, 4.69) is 97.9 Å². The van der Waals surface area contributed by atoms with E-state index in [1.165, 1.54) is 6.33 Å². The average Bonchev–Trinajstić information content (AvgIpc) is 3.55. The normalized spacial score (nSPS) is 23.5. The number of nitrogen functional groups attached to an aromatic ring is 1. The first kappa shape index (κ1) is 33.6. The number of nitrogens with two attached hydrogens (primary N) is 1. The molecule has 3 N–H and O–H groups in total. The molecule has 2 aromatic heterocycles. The Morgan fingerprint density at radius 1 is 1.05 bits per heavy atom. The van der Waals surface area contributed by atoms with E-state index in [4.69, 9.17) is 29.8 Å². The summed E-state index contributed by atoms with van der Waals surface area (Å²) in [5.74, 6) is 0.906. The number of anilines is 2. The highest BCUT2D eigenvalue weighted by molar-refractivity contribution is 6.74. The molecule has 13 nitrogen and oxygen atoms in total. The number of unbranched alkanes of at least 4 members (excludes halogenated alkanes) is 1. The van der Waals surface area contributed by atoms with Crippen molar-refractivity contribution in [2.45, 2.75) is 115 Å². The number of aromatic nitrogens is 4. The molecule has 2 aliphatic rings. The molecule has 0 saturated carbocycles. The molecule has 0 aliphatic carbocycles. The maximum absolute atomic E-state index is 8.61. The van der Waals surface area contributed by atoms with Crippen molar-refractivity contribution < 1.29 is 13.6 Å². The lowest BCUT2D eigenvalue weighted by Gasteiger charge is -2.44. The minimum Gasteiger partial charge on any atom is -0.408 e. The molecule has 0 bridgehead atoms. The Balaban J connectivity index is 1.80. The van der Waals surface area contributed by atoms with Gasteiger partial charge < -0.3 is 24.6 Å². The lowest BCUT2D eigenvalue weighted by Crippen LogP contribution is -2.54. The van der Waals surface area contributed by atoms with Crippen LogP contribution in [0.4, 0.5) is 11.8 Å². The van der Waals surface area contributed by atoms with E-state index in [0.717, 1.165) is 32.5 Å². The molecule has 15 heteroatoms. The van der Waals surface area contributed by atoms with Crippen LogP contribution < -0.4 is 11.1 Å². The molecule has 2 aromatic rings. The van der Waals surface area contributed by atoms with Crippen LogP contribution in [0.25, 0.3) is 21.6 Å². The molecular weight excluding hydrogens is 581 g/mol. The van der Waals surface area contributed by atoms with Crippen LogP contribution in [-0.4, -0.2) is 92.1 Å². The molecule has 2 fully saturated rings. The first-order valence-corrected chi connectivity index (χ1v) is 21.2. The van der Waals surface area contributed by atoms with Crippen LogP contribution in [0.5, 0.6) is 0 Å². The van der Waals surface area contributed by atoms with Crippen molar-refractivity contribution in [3.8, 4) is 0 Å². The molecule has 43 heavy (non-hydrogen) atoms. The number of azide groups is 1. The minimum absolute atomic E-state index is 0.0166. The second kappa shape index (κ2) is 12.6. The largest absolute Gasteiger partial charge is 0.408 e. The molecule has 0 amide bonds. The lowest BCUT2D eigenvalue weighted by molar-refractivity contribution is -0.0335. The van der Waals surface area contributed by atoms with Gasteiger partial charge in [0.05, 0.1) is 0 Å². The zero-order valence-corrected chi connectivity index (χ0v) is 29.7. The molecule has 4 heterocycles. The molecule has 1 unspecified atom stereocenters. The monoisotopic (exact) mass is 632 g/mol. The maximum Gasteiger partial charge on any atom is 0.207 e. The molecule has 0 spiro atoms. The van der Waals surface area contributed by atoms with Gasteiger partial charge in [-0.25, -0.2) is 15.0 Å². The van der Waals surface area contributed by atoms with E-state index in [0.29, 0.717) is 36.0 Å². The Morgan fingerprint density at radius 2 is 1.67 bits per heavy atom. The van der Waals surface area contributed by atoms with Gasteiger partial charge in [-0.3, -0.25) is 9.47 Å². The van der Waals surface area contributed by atoms with Crippen LogP contribution in [-0.2, 0) is 13.6 Å². The van der Waals surface area contributed by atoms with Crippen LogP contribution in [0.15, 0.2) is 11.4 Å². The van der Waals surface area contributed by atoms with Crippen molar-refractivity contribution in [1.82, 2.24) is 24.4 Å². The zero-order valence-electron chi connectivity index (χ0n) is 27.7. The van der Waals surface area contributed by atoms with Gasteiger partial charge in [0.25, 0.3) is 0 Å². The van der Waals surface area contributed by atoms with Crippen LogP contribution in [0.2, 0.25) is 36.3 Å². The van der Waals surface area contributed by atoms with Crippen molar-refractivity contribution >= 4 is 39.6 Å². The number of ether oxygens (including phenoxy) is 1. The highest BCUT2D eigenvalue weighted by Crippen LogP contribution is 2.47. The minimum atomic E-state index is -2.29. The molecule has 2 saturated heterocycles. The van der Waals surface area contributed by atoms with Gasteiger partial charge in [0.2, 0.25) is 5.95 Å². The average molecular weight is 633 g/mol. The smallest absolute Gasteiger partial charge is 0.207 e. The van der Waals surface area contributed by atoms with E-state index in [-0.39, 0.29) is 28.4 Å². The van der Waals surface area contributed by atoms with Gasteiger partial charge in [0, 0.05) is 37.6 Å². The van der Waals surface area contributed by atoms with Gasteiger partial charge in [-0.05, 0) is 54.6 Å². The summed E-state index contributed by atoms with van der Waals surface area (Å²) in [6, 6.07) is 0. The standard InChI is InChI=1S/C28H52N10O3Si2/c1-27(2,3)42(7,8)40-21-19(17-37-15-16-37)39-25(22(21)41-43(9,10)28(4,5)6)38-24-20(23(29)32-18-33-24)35-26(38)31-13-11-12-14-34-36-30/h18-19,21-22,25H,11-17H2,1-10H3,(H,31,35)(H2,29,32,33)/t19-,21+,22?,25-/m1/s1. The summed E-state index contributed by atoms with van der Waals surface area (Å²) in [7, 11) is -4.51. The quantitative estimate of drug-likeness (QED) is 0.0683. The molecule has 0 radical (unpaired) electrons. The third-order valence-electron chi connectivity index (χ3n) is 9.53. The summed E-state index contributed by atoms with van der Waals surface area (Å²) in [6.45, 7) is 26.7. The number of nitrogens with one attached hydrogen (secondary N) is 1. The van der Waals surface area contributed by atoms with Crippen LogP contribution >= 0.6 is 0 Å².